The lowest BCUT2D eigenvalue weighted by molar-refractivity contribution is -0.140. The van der Waals surface area contributed by atoms with Crippen LogP contribution >= 0.6 is 11.3 Å². The summed E-state index contributed by atoms with van der Waals surface area (Å²) in [5.41, 5.74) is 1.59. The van der Waals surface area contributed by atoms with Crippen LogP contribution in [0.5, 0.6) is 0 Å². The molecule has 0 bridgehead atoms. The lowest BCUT2D eigenvalue weighted by Crippen LogP contribution is -2.36. The number of alkyl halides is 3. The number of guanidine groups is 1. The molecule has 0 aliphatic carbocycles. The summed E-state index contributed by atoms with van der Waals surface area (Å²) in [5, 5.41) is 7.49. The first-order valence-corrected chi connectivity index (χ1v) is 9.03. The van der Waals surface area contributed by atoms with Crippen molar-refractivity contribution in [2.45, 2.75) is 45.5 Å². The second-order valence-electron chi connectivity index (χ2n) is 6.85. The van der Waals surface area contributed by atoms with Gasteiger partial charge in [-0.05, 0) is 16.5 Å². The zero-order valence-electron chi connectivity index (χ0n) is 15.2. The van der Waals surface area contributed by atoms with Crippen molar-refractivity contribution in [2.24, 2.45) is 4.99 Å². The van der Waals surface area contributed by atoms with E-state index in [9.17, 15) is 13.2 Å². The Morgan fingerprint density at radius 2 is 1.69 bits per heavy atom. The third kappa shape index (κ3) is 5.72. The Morgan fingerprint density at radius 3 is 2.19 bits per heavy atom. The highest BCUT2D eigenvalue weighted by Crippen LogP contribution is 2.29. The van der Waals surface area contributed by atoms with E-state index in [4.69, 9.17) is 0 Å². The molecule has 8 heteroatoms. The molecule has 0 radical (unpaired) electrons. The standard InChI is InChI=1S/C18H23F3N4S/c1-17(2,3)13-7-5-12(6-8-13)9-23-16(22-4)24-10-15-25-14(11-26-15)18(19,20)21/h5-8,11H,9-10H2,1-4H3,(H2,22,23,24). The molecule has 0 spiro atoms. The highest BCUT2D eigenvalue weighted by Gasteiger charge is 2.33. The lowest BCUT2D eigenvalue weighted by atomic mass is 9.87. The predicted octanol–water partition coefficient (Wildman–Crippen LogP) is 4.32. The maximum Gasteiger partial charge on any atom is 0.434 e. The topological polar surface area (TPSA) is 49.3 Å². The maximum absolute atomic E-state index is 12.6. The van der Waals surface area contributed by atoms with Crippen molar-refractivity contribution >= 4 is 17.3 Å². The lowest BCUT2D eigenvalue weighted by Gasteiger charge is -2.19. The van der Waals surface area contributed by atoms with Gasteiger partial charge < -0.3 is 10.6 Å². The molecule has 1 aromatic heterocycles. The molecule has 0 atom stereocenters. The van der Waals surface area contributed by atoms with E-state index >= 15 is 0 Å². The Hall–Kier alpha value is -2.09. The minimum absolute atomic E-state index is 0.104. The summed E-state index contributed by atoms with van der Waals surface area (Å²) in [6, 6.07) is 8.30. The molecule has 2 N–H and O–H groups in total. The van der Waals surface area contributed by atoms with Crippen LogP contribution in [-0.4, -0.2) is 18.0 Å². The fourth-order valence-corrected chi connectivity index (χ4v) is 2.95. The highest BCUT2D eigenvalue weighted by atomic mass is 32.1. The molecule has 0 saturated heterocycles. The summed E-state index contributed by atoms with van der Waals surface area (Å²) in [7, 11) is 1.61. The average Bonchev–Trinajstić information content (AvgIpc) is 3.04. The van der Waals surface area contributed by atoms with Gasteiger partial charge in [0.05, 0.1) is 6.54 Å². The Balaban J connectivity index is 1.87. The minimum Gasteiger partial charge on any atom is -0.352 e. The summed E-state index contributed by atoms with van der Waals surface area (Å²) < 4.78 is 37.7. The van der Waals surface area contributed by atoms with Crippen molar-refractivity contribution in [1.29, 1.82) is 0 Å². The van der Waals surface area contributed by atoms with Gasteiger partial charge in [0.15, 0.2) is 11.7 Å². The maximum atomic E-state index is 12.6. The van der Waals surface area contributed by atoms with E-state index in [1.807, 2.05) is 0 Å². The Morgan fingerprint density at radius 1 is 1.08 bits per heavy atom. The number of hydrogen-bond acceptors (Lipinski definition) is 3. The Bertz CT molecular complexity index is 743. The first-order chi connectivity index (χ1) is 12.1. The zero-order valence-corrected chi connectivity index (χ0v) is 16.1. The molecule has 0 unspecified atom stereocenters. The first-order valence-electron chi connectivity index (χ1n) is 8.15. The van der Waals surface area contributed by atoms with E-state index in [-0.39, 0.29) is 12.0 Å². The molecule has 2 aromatic rings. The fraction of sp³-hybridized carbons (Fsp3) is 0.444. The molecule has 142 valence electrons. The smallest absolute Gasteiger partial charge is 0.352 e. The van der Waals surface area contributed by atoms with Crippen LogP contribution in [0.3, 0.4) is 0 Å². The predicted molar refractivity (Wildman–Crippen MR) is 99.3 cm³/mol. The summed E-state index contributed by atoms with van der Waals surface area (Å²) in [5.74, 6) is 0.508. The number of nitrogens with one attached hydrogen (secondary N) is 2. The van der Waals surface area contributed by atoms with Gasteiger partial charge >= 0.3 is 6.18 Å². The first kappa shape index (κ1) is 20.2. The van der Waals surface area contributed by atoms with Crippen LogP contribution in [0, 0.1) is 0 Å². The number of nitrogens with zero attached hydrogens (tertiary/aromatic N) is 2. The molecule has 0 fully saturated rings. The molecule has 1 heterocycles. The summed E-state index contributed by atoms with van der Waals surface area (Å²) >= 11 is 0.971. The molecule has 4 nitrogen and oxygen atoms in total. The second kappa shape index (κ2) is 8.07. The van der Waals surface area contributed by atoms with Crippen molar-refractivity contribution in [2.75, 3.05) is 7.05 Å². The molecule has 0 aliphatic rings. The molecular formula is C18H23F3N4S. The second-order valence-corrected chi connectivity index (χ2v) is 7.79. The molecular weight excluding hydrogens is 361 g/mol. The average molecular weight is 384 g/mol. The van der Waals surface area contributed by atoms with Crippen molar-refractivity contribution in [3.63, 3.8) is 0 Å². The van der Waals surface area contributed by atoms with Gasteiger partial charge in [-0.25, -0.2) is 4.98 Å². The van der Waals surface area contributed by atoms with Crippen molar-refractivity contribution in [1.82, 2.24) is 15.6 Å². The van der Waals surface area contributed by atoms with E-state index in [1.54, 1.807) is 7.05 Å². The van der Waals surface area contributed by atoms with Crippen LogP contribution in [-0.2, 0) is 24.7 Å². The molecule has 26 heavy (non-hydrogen) atoms. The third-order valence-corrected chi connectivity index (χ3v) is 4.60. The van der Waals surface area contributed by atoms with Crippen LogP contribution < -0.4 is 10.6 Å². The van der Waals surface area contributed by atoms with E-state index in [0.29, 0.717) is 17.5 Å². The summed E-state index contributed by atoms with van der Waals surface area (Å²) in [6.45, 7) is 7.23. The Kier molecular flexibility index (Phi) is 6.28. The quantitative estimate of drug-likeness (QED) is 0.610. The van der Waals surface area contributed by atoms with Crippen molar-refractivity contribution in [3.8, 4) is 0 Å². The van der Waals surface area contributed by atoms with E-state index in [0.717, 1.165) is 22.3 Å². The van der Waals surface area contributed by atoms with E-state index < -0.39 is 11.9 Å². The normalized spacial score (nSPS) is 13.0. The molecule has 0 saturated carbocycles. The number of benzene rings is 1. The number of hydrogen-bond donors (Lipinski definition) is 2. The number of thiazole rings is 1. The molecule has 2 rings (SSSR count). The number of aliphatic imine (C=N–C) groups is 1. The van der Waals surface area contributed by atoms with Gasteiger partial charge in [0, 0.05) is 19.0 Å². The van der Waals surface area contributed by atoms with E-state index in [2.05, 4.69) is 65.6 Å². The molecule has 0 aliphatic heterocycles. The number of halogens is 3. The largest absolute Gasteiger partial charge is 0.434 e. The monoisotopic (exact) mass is 384 g/mol. The summed E-state index contributed by atoms with van der Waals surface area (Å²) in [6.07, 6.45) is -4.41. The fourth-order valence-electron chi connectivity index (χ4n) is 2.21. The molecule has 0 amide bonds. The van der Waals surface area contributed by atoms with Gasteiger partial charge in [0.2, 0.25) is 0 Å². The number of aromatic nitrogens is 1. The molecule has 1 aromatic carbocycles. The van der Waals surface area contributed by atoms with Gasteiger partial charge in [0.25, 0.3) is 0 Å². The van der Waals surface area contributed by atoms with E-state index in [1.165, 1.54) is 5.56 Å². The minimum atomic E-state index is -4.41. The van der Waals surface area contributed by atoms with Crippen LogP contribution in [0.25, 0.3) is 0 Å². The SMILES string of the molecule is CN=C(NCc1ccc(C(C)(C)C)cc1)NCc1nc(C(F)(F)F)cs1. The zero-order chi connectivity index (χ0) is 19.4. The highest BCUT2D eigenvalue weighted by molar-refractivity contribution is 7.09. The van der Waals surface area contributed by atoms with Crippen LogP contribution in [0.2, 0.25) is 0 Å². The van der Waals surface area contributed by atoms with Gasteiger partial charge in [0.1, 0.15) is 5.01 Å². The van der Waals surface area contributed by atoms with Gasteiger partial charge in [-0.2, -0.15) is 13.2 Å². The third-order valence-electron chi connectivity index (χ3n) is 3.75. The van der Waals surface area contributed by atoms with Gasteiger partial charge in [-0.15, -0.1) is 11.3 Å². The summed E-state index contributed by atoms with van der Waals surface area (Å²) in [4.78, 5) is 7.67. The van der Waals surface area contributed by atoms with Crippen LogP contribution in [0.1, 0.15) is 42.6 Å². The Labute approximate surface area is 155 Å². The van der Waals surface area contributed by atoms with Gasteiger partial charge in [-0.3, -0.25) is 4.99 Å². The van der Waals surface area contributed by atoms with Crippen LogP contribution in [0.15, 0.2) is 34.6 Å². The number of rotatable bonds is 4. The van der Waals surface area contributed by atoms with Crippen molar-refractivity contribution < 1.29 is 13.2 Å². The van der Waals surface area contributed by atoms with Crippen LogP contribution in [0.4, 0.5) is 13.2 Å². The van der Waals surface area contributed by atoms with Gasteiger partial charge in [-0.1, -0.05) is 45.0 Å². The van der Waals surface area contributed by atoms with Crippen molar-refractivity contribution in [3.05, 3.63) is 51.5 Å².